The summed E-state index contributed by atoms with van der Waals surface area (Å²) in [6, 6.07) is 7.68. The summed E-state index contributed by atoms with van der Waals surface area (Å²) in [4.78, 5) is 46.6. The highest BCUT2D eigenvalue weighted by Crippen LogP contribution is 2.37. The number of nitrogens with zero attached hydrogens (tertiary/aromatic N) is 3. The van der Waals surface area contributed by atoms with Crippen LogP contribution >= 0.6 is 11.3 Å². The minimum atomic E-state index is -0.729. The predicted octanol–water partition coefficient (Wildman–Crippen LogP) is 3.99. The second kappa shape index (κ2) is 8.22. The summed E-state index contributed by atoms with van der Waals surface area (Å²) in [6.45, 7) is 0.845. The van der Waals surface area contributed by atoms with Crippen molar-refractivity contribution in [3.63, 3.8) is 0 Å². The van der Waals surface area contributed by atoms with E-state index in [9.17, 15) is 14.4 Å². The average molecular weight is 441 g/mol. The molecule has 5 rings (SSSR count). The molecule has 1 saturated carbocycles. The van der Waals surface area contributed by atoms with E-state index in [0.29, 0.717) is 19.4 Å². The van der Waals surface area contributed by atoms with Crippen molar-refractivity contribution in [1.29, 1.82) is 0 Å². The molecule has 8 heteroatoms. The number of aromatic nitrogens is 1. The minimum absolute atomic E-state index is 0.00542. The third-order valence-corrected chi connectivity index (χ3v) is 8.06. The predicted molar refractivity (Wildman–Crippen MR) is 119 cm³/mol. The Balaban J connectivity index is 1.27. The normalized spacial score (nSPS) is 23.5. The molecule has 1 aromatic carbocycles. The molecule has 3 heterocycles. The Morgan fingerprint density at radius 2 is 1.94 bits per heavy atom. The SMILES string of the molecule is O=C1NC2(CCCCC2)C(=O)N1CCC(=O)N1CCCCC1c1nc2ccccc2s1. The van der Waals surface area contributed by atoms with Gasteiger partial charge >= 0.3 is 6.03 Å². The van der Waals surface area contributed by atoms with E-state index < -0.39 is 5.54 Å². The molecule has 2 aliphatic heterocycles. The molecule has 7 nitrogen and oxygen atoms in total. The topological polar surface area (TPSA) is 82.6 Å². The average Bonchev–Trinajstić information content (AvgIpc) is 3.32. The molecule has 31 heavy (non-hydrogen) atoms. The van der Waals surface area contributed by atoms with Gasteiger partial charge in [0, 0.05) is 19.5 Å². The van der Waals surface area contributed by atoms with Crippen LogP contribution in [0.4, 0.5) is 4.79 Å². The summed E-state index contributed by atoms with van der Waals surface area (Å²) in [5.74, 6) is -0.152. The van der Waals surface area contributed by atoms with Crippen molar-refractivity contribution in [3.8, 4) is 0 Å². The van der Waals surface area contributed by atoms with Crippen LogP contribution in [0.1, 0.15) is 68.8 Å². The molecule has 2 aromatic rings. The van der Waals surface area contributed by atoms with E-state index >= 15 is 0 Å². The van der Waals surface area contributed by atoms with Gasteiger partial charge in [-0.05, 0) is 44.2 Å². The van der Waals surface area contributed by atoms with Crippen LogP contribution in [0.25, 0.3) is 10.2 Å². The summed E-state index contributed by atoms with van der Waals surface area (Å²) in [5.41, 5.74) is 0.241. The van der Waals surface area contributed by atoms with E-state index in [2.05, 4.69) is 11.4 Å². The molecule has 164 valence electrons. The molecule has 1 N–H and O–H groups in total. The molecule has 1 aromatic heterocycles. The lowest BCUT2D eigenvalue weighted by atomic mass is 9.82. The second-order valence-corrected chi connectivity index (χ2v) is 9.96. The smallest absolute Gasteiger partial charge is 0.325 e. The number of amides is 4. The van der Waals surface area contributed by atoms with Gasteiger partial charge in [0.1, 0.15) is 10.5 Å². The first-order chi connectivity index (χ1) is 15.1. The molecule has 0 bridgehead atoms. The number of likely N-dealkylation sites (tertiary alicyclic amines) is 1. The third kappa shape index (κ3) is 3.71. The molecule has 2 saturated heterocycles. The Morgan fingerprint density at radius 1 is 1.13 bits per heavy atom. The van der Waals surface area contributed by atoms with Gasteiger partial charge in [-0.3, -0.25) is 14.5 Å². The van der Waals surface area contributed by atoms with Crippen LogP contribution in [0, 0.1) is 0 Å². The van der Waals surface area contributed by atoms with Gasteiger partial charge in [0.2, 0.25) is 5.91 Å². The van der Waals surface area contributed by atoms with E-state index in [1.54, 1.807) is 11.3 Å². The van der Waals surface area contributed by atoms with Crippen molar-refractivity contribution in [2.45, 2.75) is 69.4 Å². The Hall–Kier alpha value is -2.48. The molecule has 0 radical (unpaired) electrons. The summed E-state index contributed by atoms with van der Waals surface area (Å²) >= 11 is 1.65. The van der Waals surface area contributed by atoms with Crippen LogP contribution in [0.2, 0.25) is 0 Å². The van der Waals surface area contributed by atoms with Crippen LogP contribution in [0.5, 0.6) is 0 Å². The van der Waals surface area contributed by atoms with E-state index in [4.69, 9.17) is 4.98 Å². The molecule has 1 unspecified atom stereocenters. The number of imide groups is 1. The van der Waals surface area contributed by atoms with Gasteiger partial charge < -0.3 is 10.2 Å². The van der Waals surface area contributed by atoms with Crippen LogP contribution in [0.3, 0.4) is 0 Å². The number of hydrogen-bond donors (Lipinski definition) is 1. The van der Waals surface area contributed by atoms with E-state index in [1.807, 2.05) is 23.1 Å². The van der Waals surface area contributed by atoms with Crippen molar-refractivity contribution in [3.05, 3.63) is 29.3 Å². The lowest BCUT2D eigenvalue weighted by molar-refractivity contribution is -0.136. The number of fused-ring (bicyclic) bond motifs is 1. The van der Waals surface area contributed by atoms with E-state index in [-0.39, 0.29) is 36.9 Å². The number of nitrogens with one attached hydrogen (secondary N) is 1. The van der Waals surface area contributed by atoms with Gasteiger partial charge in [0.15, 0.2) is 0 Å². The first-order valence-corrected chi connectivity index (χ1v) is 12.2. The lowest BCUT2D eigenvalue weighted by Crippen LogP contribution is -2.48. The number of thiazole rings is 1. The Labute approximate surface area is 185 Å². The molecular formula is C23H28N4O3S. The first-order valence-electron chi connectivity index (χ1n) is 11.4. The van der Waals surface area contributed by atoms with Gasteiger partial charge in [-0.15, -0.1) is 11.3 Å². The molecule has 3 fully saturated rings. The summed E-state index contributed by atoms with van der Waals surface area (Å²) < 4.78 is 1.13. The molecule has 3 aliphatic rings. The number of urea groups is 1. The molecule has 1 atom stereocenters. The second-order valence-electron chi connectivity index (χ2n) is 8.90. The van der Waals surface area contributed by atoms with Crippen LogP contribution in [-0.4, -0.2) is 51.3 Å². The van der Waals surface area contributed by atoms with Crippen molar-refractivity contribution in [1.82, 2.24) is 20.1 Å². The standard InChI is InChI=1S/C23H28N4O3S/c28-19(11-15-27-21(29)23(25-22(27)30)12-5-1-6-13-23)26-14-7-4-9-17(26)20-24-16-8-2-3-10-18(16)31-20/h2-3,8,10,17H,1,4-7,9,11-15H2,(H,25,30). The lowest BCUT2D eigenvalue weighted by Gasteiger charge is -2.35. The highest BCUT2D eigenvalue weighted by Gasteiger charge is 2.51. The van der Waals surface area contributed by atoms with Gasteiger partial charge in [0.25, 0.3) is 5.91 Å². The fraction of sp³-hybridized carbons (Fsp3) is 0.565. The number of carbonyl (C=O) groups is 3. The highest BCUT2D eigenvalue weighted by atomic mass is 32.1. The number of para-hydroxylation sites is 1. The van der Waals surface area contributed by atoms with Gasteiger partial charge in [-0.25, -0.2) is 9.78 Å². The number of hydrogen-bond acceptors (Lipinski definition) is 5. The van der Waals surface area contributed by atoms with Crippen molar-refractivity contribution < 1.29 is 14.4 Å². The van der Waals surface area contributed by atoms with E-state index in [1.165, 1.54) is 4.90 Å². The van der Waals surface area contributed by atoms with Gasteiger partial charge in [0.05, 0.1) is 16.3 Å². The number of rotatable bonds is 4. The maximum Gasteiger partial charge on any atom is 0.325 e. The van der Waals surface area contributed by atoms with Crippen LogP contribution < -0.4 is 5.32 Å². The van der Waals surface area contributed by atoms with Crippen molar-refractivity contribution in [2.24, 2.45) is 0 Å². The summed E-state index contributed by atoms with van der Waals surface area (Å²) in [6.07, 6.45) is 7.52. The Kier molecular flexibility index (Phi) is 5.42. The maximum atomic E-state index is 13.2. The van der Waals surface area contributed by atoms with Gasteiger partial charge in [-0.2, -0.15) is 0 Å². The van der Waals surface area contributed by atoms with Crippen LogP contribution in [-0.2, 0) is 9.59 Å². The fourth-order valence-electron chi connectivity index (χ4n) is 5.24. The summed E-state index contributed by atoms with van der Waals surface area (Å²) in [5, 5.41) is 3.90. The zero-order valence-electron chi connectivity index (χ0n) is 17.6. The Morgan fingerprint density at radius 3 is 2.74 bits per heavy atom. The Bertz CT molecular complexity index is 980. The zero-order valence-corrected chi connectivity index (χ0v) is 18.5. The molecule has 1 aliphatic carbocycles. The quantitative estimate of drug-likeness (QED) is 0.729. The highest BCUT2D eigenvalue weighted by molar-refractivity contribution is 7.18. The first kappa shape index (κ1) is 20.4. The molecule has 1 spiro atoms. The zero-order chi connectivity index (χ0) is 21.4. The third-order valence-electron chi connectivity index (χ3n) is 6.92. The largest absolute Gasteiger partial charge is 0.333 e. The number of benzene rings is 1. The van der Waals surface area contributed by atoms with E-state index in [0.717, 1.165) is 53.7 Å². The summed E-state index contributed by atoms with van der Waals surface area (Å²) in [7, 11) is 0. The number of carbonyl (C=O) groups excluding carboxylic acids is 3. The van der Waals surface area contributed by atoms with Crippen molar-refractivity contribution >= 4 is 39.4 Å². The number of piperidine rings is 1. The maximum absolute atomic E-state index is 13.2. The van der Waals surface area contributed by atoms with Crippen LogP contribution in [0.15, 0.2) is 24.3 Å². The monoisotopic (exact) mass is 440 g/mol. The molecular weight excluding hydrogens is 412 g/mol. The fourth-order valence-corrected chi connectivity index (χ4v) is 6.36. The van der Waals surface area contributed by atoms with Gasteiger partial charge in [-0.1, -0.05) is 31.4 Å². The molecule has 4 amide bonds. The minimum Gasteiger partial charge on any atom is -0.333 e. The van der Waals surface area contributed by atoms with Crippen molar-refractivity contribution in [2.75, 3.05) is 13.1 Å².